The topological polar surface area (TPSA) is 46.2 Å². The second kappa shape index (κ2) is 5.46. The van der Waals surface area contributed by atoms with Gasteiger partial charge in [0, 0.05) is 10.9 Å². The minimum absolute atomic E-state index is 0.317. The maximum atomic E-state index is 13.4. The smallest absolute Gasteiger partial charge is 0.207 e. The van der Waals surface area contributed by atoms with Gasteiger partial charge in [0.1, 0.15) is 10.7 Å². The van der Waals surface area contributed by atoms with Crippen molar-refractivity contribution in [1.29, 1.82) is 0 Å². The lowest BCUT2D eigenvalue weighted by atomic mass is 10.0. The summed E-state index contributed by atoms with van der Waals surface area (Å²) in [6.07, 6.45) is 0.612. The van der Waals surface area contributed by atoms with Crippen LogP contribution in [-0.2, 0) is 10.0 Å². The molecule has 1 N–H and O–H groups in total. The van der Waals surface area contributed by atoms with E-state index < -0.39 is 21.4 Å². The molecule has 1 aromatic carbocycles. The van der Waals surface area contributed by atoms with E-state index in [4.69, 9.17) is 0 Å². The number of hydrogen-bond acceptors (Lipinski definition) is 2. The fraction of sp³-hybridized carbons (Fsp3) is 0.455. The molecule has 96 valence electrons. The van der Waals surface area contributed by atoms with Gasteiger partial charge in [0.2, 0.25) is 10.0 Å². The van der Waals surface area contributed by atoms with E-state index in [0.29, 0.717) is 11.8 Å². The van der Waals surface area contributed by atoms with E-state index in [1.54, 1.807) is 13.8 Å². The van der Waals surface area contributed by atoms with Gasteiger partial charge in [-0.25, -0.2) is 17.5 Å². The van der Waals surface area contributed by atoms with Gasteiger partial charge in [0.05, 0.1) is 0 Å². The van der Waals surface area contributed by atoms with Crippen LogP contribution in [0.3, 0.4) is 0 Å². The molecule has 3 nitrogen and oxygen atoms in total. The molecule has 0 aliphatic rings. The number of benzene rings is 1. The van der Waals surface area contributed by atoms with E-state index in [0.717, 1.165) is 6.07 Å². The molecule has 0 atom stereocenters. The molecule has 0 aromatic heterocycles. The van der Waals surface area contributed by atoms with E-state index in [2.05, 4.69) is 20.7 Å². The highest BCUT2D eigenvalue weighted by atomic mass is 79.9. The predicted octanol–water partition coefficient (Wildman–Crippen LogP) is 2.67. The molecule has 0 saturated carbocycles. The van der Waals surface area contributed by atoms with Crippen molar-refractivity contribution in [3.05, 3.63) is 30.1 Å². The summed E-state index contributed by atoms with van der Waals surface area (Å²) in [6.45, 7) is 3.51. The minimum Gasteiger partial charge on any atom is -0.207 e. The van der Waals surface area contributed by atoms with Crippen LogP contribution >= 0.6 is 15.9 Å². The number of alkyl halides is 1. The average Bonchev–Trinajstić information content (AvgIpc) is 2.15. The Bertz CT molecular complexity index is 488. The molecule has 0 amide bonds. The highest BCUT2D eigenvalue weighted by Crippen LogP contribution is 2.18. The van der Waals surface area contributed by atoms with Crippen molar-refractivity contribution in [1.82, 2.24) is 4.72 Å². The van der Waals surface area contributed by atoms with Crippen molar-refractivity contribution < 1.29 is 12.8 Å². The third-order valence-electron chi connectivity index (χ3n) is 2.26. The second-order valence-corrected chi connectivity index (χ2v) is 6.80. The van der Waals surface area contributed by atoms with Crippen molar-refractivity contribution in [2.75, 3.05) is 5.33 Å². The van der Waals surface area contributed by atoms with Gasteiger partial charge in [-0.1, -0.05) is 28.1 Å². The Labute approximate surface area is 110 Å². The summed E-state index contributed by atoms with van der Waals surface area (Å²) >= 11 is 3.25. The Morgan fingerprint density at radius 2 is 1.94 bits per heavy atom. The molecule has 0 bridgehead atoms. The highest BCUT2D eigenvalue weighted by molar-refractivity contribution is 9.09. The van der Waals surface area contributed by atoms with Crippen LogP contribution in [0.15, 0.2) is 29.2 Å². The number of sulfonamides is 1. The molecule has 0 heterocycles. The minimum atomic E-state index is -3.82. The Kier molecular flexibility index (Phi) is 4.69. The molecule has 17 heavy (non-hydrogen) atoms. The fourth-order valence-electron chi connectivity index (χ4n) is 1.37. The summed E-state index contributed by atoms with van der Waals surface area (Å²) in [4.78, 5) is -0.317. The lowest BCUT2D eigenvalue weighted by Crippen LogP contribution is -2.43. The first kappa shape index (κ1) is 14.6. The number of halogens is 2. The summed E-state index contributed by atoms with van der Waals surface area (Å²) in [5.74, 6) is -0.741. The van der Waals surface area contributed by atoms with E-state index in [-0.39, 0.29) is 4.90 Å². The third-order valence-corrected chi connectivity index (χ3v) is 4.38. The largest absolute Gasteiger partial charge is 0.243 e. The molecule has 0 aliphatic heterocycles. The molecule has 0 radical (unpaired) electrons. The monoisotopic (exact) mass is 323 g/mol. The lowest BCUT2D eigenvalue weighted by Gasteiger charge is -2.25. The van der Waals surface area contributed by atoms with Crippen molar-refractivity contribution in [3.63, 3.8) is 0 Å². The Hall–Kier alpha value is -0.460. The molecule has 6 heteroatoms. The SMILES string of the molecule is CC(C)(CCBr)NS(=O)(=O)c1ccccc1F. The first-order valence-electron chi connectivity index (χ1n) is 5.13. The van der Waals surface area contributed by atoms with E-state index in [9.17, 15) is 12.8 Å². The van der Waals surface area contributed by atoms with E-state index in [1.807, 2.05) is 0 Å². The predicted molar refractivity (Wildman–Crippen MR) is 69.2 cm³/mol. The summed E-state index contributed by atoms with van der Waals surface area (Å²) in [6, 6.07) is 5.33. The Morgan fingerprint density at radius 3 is 2.47 bits per heavy atom. The van der Waals surface area contributed by atoms with Crippen molar-refractivity contribution in [2.24, 2.45) is 0 Å². The number of rotatable bonds is 5. The maximum absolute atomic E-state index is 13.4. The van der Waals surface area contributed by atoms with Crippen LogP contribution < -0.4 is 4.72 Å². The van der Waals surface area contributed by atoms with Gasteiger partial charge >= 0.3 is 0 Å². The summed E-state index contributed by atoms with van der Waals surface area (Å²) in [5, 5.41) is 0.666. The van der Waals surface area contributed by atoms with Crippen LogP contribution in [0.1, 0.15) is 20.3 Å². The lowest BCUT2D eigenvalue weighted by molar-refractivity contribution is 0.441. The maximum Gasteiger partial charge on any atom is 0.243 e. The number of hydrogen-bond donors (Lipinski definition) is 1. The van der Waals surface area contributed by atoms with Crippen LogP contribution in [0.25, 0.3) is 0 Å². The second-order valence-electron chi connectivity index (χ2n) is 4.36. The zero-order valence-electron chi connectivity index (χ0n) is 9.70. The first-order valence-corrected chi connectivity index (χ1v) is 7.73. The normalized spacial score (nSPS) is 12.7. The molecular formula is C11H15BrFNO2S. The van der Waals surface area contributed by atoms with Crippen LogP contribution in [0.4, 0.5) is 4.39 Å². The van der Waals surface area contributed by atoms with E-state index >= 15 is 0 Å². The Morgan fingerprint density at radius 1 is 1.35 bits per heavy atom. The summed E-state index contributed by atoms with van der Waals surface area (Å²) in [5.41, 5.74) is -0.620. The Balaban J connectivity index is 3.02. The highest BCUT2D eigenvalue weighted by Gasteiger charge is 2.27. The quantitative estimate of drug-likeness (QED) is 0.847. The number of nitrogens with one attached hydrogen (secondary N) is 1. The average molecular weight is 324 g/mol. The zero-order chi connectivity index (χ0) is 13.1. The first-order chi connectivity index (χ1) is 7.78. The van der Waals surface area contributed by atoms with Gasteiger partial charge in [-0.2, -0.15) is 0 Å². The molecule has 0 saturated heterocycles. The van der Waals surface area contributed by atoms with Crippen LogP contribution in [0.5, 0.6) is 0 Å². The summed E-state index contributed by atoms with van der Waals surface area (Å²) < 4.78 is 39.9. The molecule has 0 fully saturated rings. The van der Waals surface area contributed by atoms with Crippen LogP contribution in [0, 0.1) is 5.82 Å². The van der Waals surface area contributed by atoms with Gasteiger partial charge in [-0.3, -0.25) is 0 Å². The van der Waals surface area contributed by atoms with Gasteiger partial charge in [0.15, 0.2) is 0 Å². The molecule has 1 aromatic rings. The zero-order valence-corrected chi connectivity index (χ0v) is 12.1. The van der Waals surface area contributed by atoms with Crippen molar-refractivity contribution >= 4 is 26.0 Å². The fourth-order valence-corrected chi connectivity index (χ4v) is 3.88. The van der Waals surface area contributed by atoms with Gasteiger partial charge < -0.3 is 0 Å². The van der Waals surface area contributed by atoms with Crippen molar-refractivity contribution in [3.8, 4) is 0 Å². The molecule has 1 rings (SSSR count). The molecular weight excluding hydrogens is 309 g/mol. The summed E-state index contributed by atoms with van der Waals surface area (Å²) in [7, 11) is -3.82. The molecule has 0 spiro atoms. The van der Waals surface area contributed by atoms with E-state index in [1.165, 1.54) is 18.2 Å². The van der Waals surface area contributed by atoms with Gasteiger partial charge in [0.25, 0.3) is 0 Å². The van der Waals surface area contributed by atoms with Gasteiger partial charge in [-0.15, -0.1) is 0 Å². The molecule has 0 aliphatic carbocycles. The van der Waals surface area contributed by atoms with Crippen LogP contribution in [0.2, 0.25) is 0 Å². The third kappa shape index (κ3) is 4.04. The van der Waals surface area contributed by atoms with Gasteiger partial charge in [-0.05, 0) is 32.4 Å². The standard InChI is InChI=1S/C11H15BrFNO2S/c1-11(2,7-8-12)14-17(15,16)10-6-4-3-5-9(10)13/h3-6,14H,7-8H2,1-2H3. The van der Waals surface area contributed by atoms with Crippen molar-refractivity contribution in [2.45, 2.75) is 30.7 Å². The van der Waals surface area contributed by atoms with Crippen LogP contribution in [-0.4, -0.2) is 19.3 Å². The molecule has 0 unspecified atom stereocenters.